The SMILES string of the molecule is CCCCCCO.CCCCCCO.CCCCCCO.[AlH3]. The number of rotatable bonds is 12. The molecule has 0 atom stereocenters. The van der Waals surface area contributed by atoms with Gasteiger partial charge in [-0.15, -0.1) is 0 Å². The molecule has 0 aliphatic carbocycles. The molecule has 0 spiro atoms. The van der Waals surface area contributed by atoms with E-state index in [0.29, 0.717) is 19.8 Å². The van der Waals surface area contributed by atoms with Gasteiger partial charge in [-0.05, 0) is 19.3 Å². The van der Waals surface area contributed by atoms with E-state index in [2.05, 4.69) is 20.8 Å². The minimum Gasteiger partial charge on any atom is -0.396 e. The van der Waals surface area contributed by atoms with Crippen LogP contribution in [0.15, 0.2) is 0 Å². The molecule has 4 heteroatoms. The Kier molecular flexibility index (Phi) is 51.7. The van der Waals surface area contributed by atoms with Gasteiger partial charge in [0, 0.05) is 19.8 Å². The van der Waals surface area contributed by atoms with Gasteiger partial charge in [0.2, 0.25) is 0 Å². The van der Waals surface area contributed by atoms with Crippen molar-refractivity contribution >= 4 is 17.4 Å². The van der Waals surface area contributed by atoms with Crippen molar-refractivity contribution in [2.45, 2.75) is 97.8 Å². The third-order valence-corrected chi connectivity index (χ3v) is 3.04. The largest absolute Gasteiger partial charge is 0.396 e. The first-order valence-corrected chi connectivity index (χ1v) is 9.07. The van der Waals surface area contributed by atoms with E-state index in [-0.39, 0.29) is 17.4 Å². The fraction of sp³-hybridized carbons (Fsp3) is 1.00. The number of aliphatic hydroxyl groups excluding tert-OH is 3. The van der Waals surface area contributed by atoms with Crippen LogP contribution in [0.3, 0.4) is 0 Å². The van der Waals surface area contributed by atoms with E-state index in [1.807, 2.05) is 0 Å². The van der Waals surface area contributed by atoms with Crippen LogP contribution in [0.4, 0.5) is 0 Å². The van der Waals surface area contributed by atoms with Crippen LogP contribution < -0.4 is 0 Å². The average Bonchev–Trinajstić information content (AvgIpc) is 2.50. The highest BCUT2D eigenvalue weighted by molar-refractivity contribution is 5.75. The van der Waals surface area contributed by atoms with Crippen molar-refractivity contribution in [1.29, 1.82) is 0 Å². The third-order valence-electron chi connectivity index (χ3n) is 3.04. The summed E-state index contributed by atoms with van der Waals surface area (Å²) in [5.74, 6) is 0. The van der Waals surface area contributed by atoms with E-state index in [4.69, 9.17) is 15.3 Å². The van der Waals surface area contributed by atoms with Crippen molar-refractivity contribution in [2.75, 3.05) is 19.8 Å². The smallest absolute Gasteiger partial charge is 0.187 e. The molecular formula is C18H45AlO3. The normalized spacial score (nSPS) is 9.00. The summed E-state index contributed by atoms with van der Waals surface area (Å²) < 4.78 is 0. The maximum atomic E-state index is 8.29. The highest BCUT2D eigenvalue weighted by Gasteiger charge is 1.82. The summed E-state index contributed by atoms with van der Waals surface area (Å²) in [6, 6.07) is 0. The summed E-state index contributed by atoms with van der Waals surface area (Å²) in [6.07, 6.45) is 14.0. The molecule has 0 saturated carbocycles. The molecule has 0 rings (SSSR count). The van der Waals surface area contributed by atoms with Gasteiger partial charge < -0.3 is 15.3 Å². The number of aliphatic hydroxyl groups is 3. The lowest BCUT2D eigenvalue weighted by molar-refractivity contribution is 0.282. The molecule has 0 aromatic carbocycles. The Hall–Kier alpha value is 0.412. The fourth-order valence-electron chi connectivity index (χ4n) is 1.62. The molecule has 0 fully saturated rings. The van der Waals surface area contributed by atoms with Crippen LogP contribution in [-0.4, -0.2) is 52.5 Å². The molecule has 0 amide bonds. The molecule has 22 heavy (non-hydrogen) atoms. The van der Waals surface area contributed by atoms with Gasteiger partial charge >= 0.3 is 0 Å². The molecule has 0 heterocycles. The van der Waals surface area contributed by atoms with Crippen LogP contribution in [0.5, 0.6) is 0 Å². The molecule has 0 saturated heterocycles. The highest BCUT2D eigenvalue weighted by Crippen LogP contribution is 1.97. The monoisotopic (exact) mass is 336 g/mol. The second-order valence-corrected chi connectivity index (χ2v) is 5.35. The second-order valence-electron chi connectivity index (χ2n) is 5.35. The van der Waals surface area contributed by atoms with Crippen LogP contribution in [0.1, 0.15) is 97.8 Å². The van der Waals surface area contributed by atoms with Gasteiger partial charge in [0.25, 0.3) is 0 Å². The lowest BCUT2D eigenvalue weighted by Gasteiger charge is -1.90. The highest BCUT2D eigenvalue weighted by atomic mass is 27.0. The quantitative estimate of drug-likeness (QED) is 0.378. The van der Waals surface area contributed by atoms with E-state index < -0.39 is 0 Å². The predicted octanol–water partition coefficient (Wildman–Crippen LogP) is 3.49. The molecule has 3 nitrogen and oxygen atoms in total. The minimum atomic E-state index is 0. The topological polar surface area (TPSA) is 60.7 Å². The van der Waals surface area contributed by atoms with Crippen molar-refractivity contribution < 1.29 is 15.3 Å². The number of hydrogen-bond acceptors (Lipinski definition) is 3. The molecule has 138 valence electrons. The number of hydrogen-bond donors (Lipinski definition) is 3. The van der Waals surface area contributed by atoms with Crippen LogP contribution in [0.25, 0.3) is 0 Å². The van der Waals surface area contributed by atoms with Crippen molar-refractivity contribution in [2.24, 2.45) is 0 Å². The lowest BCUT2D eigenvalue weighted by atomic mass is 10.2. The van der Waals surface area contributed by atoms with Crippen LogP contribution in [0, 0.1) is 0 Å². The maximum Gasteiger partial charge on any atom is 0.187 e. The van der Waals surface area contributed by atoms with Gasteiger partial charge in [0.05, 0.1) is 0 Å². The Morgan fingerprint density at radius 2 is 0.636 bits per heavy atom. The van der Waals surface area contributed by atoms with E-state index >= 15 is 0 Å². The van der Waals surface area contributed by atoms with Crippen LogP contribution >= 0.6 is 0 Å². The molecule has 0 aliphatic rings. The number of unbranched alkanes of at least 4 members (excludes halogenated alkanes) is 9. The van der Waals surface area contributed by atoms with Gasteiger partial charge in [-0.25, -0.2) is 0 Å². The van der Waals surface area contributed by atoms with Crippen LogP contribution in [-0.2, 0) is 0 Å². The van der Waals surface area contributed by atoms with Crippen LogP contribution in [0.2, 0.25) is 0 Å². The molecular weight excluding hydrogens is 291 g/mol. The zero-order chi connectivity index (χ0) is 16.6. The fourth-order valence-corrected chi connectivity index (χ4v) is 1.62. The van der Waals surface area contributed by atoms with Crippen molar-refractivity contribution in [3.8, 4) is 0 Å². The van der Waals surface area contributed by atoms with E-state index in [1.165, 1.54) is 57.8 Å². The Labute approximate surface area is 150 Å². The summed E-state index contributed by atoms with van der Waals surface area (Å²) in [4.78, 5) is 0. The molecule has 0 aromatic heterocycles. The predicted molar refractivity (Wildman–Crippen MR) is 104 cm³/mol. The zero-order valence-electron chi connectivity index (χ0n) is 14.9. The lowest BCUT2D eigenvalue weighted by Crippen LogP contribution is -1.80. The van der Waals surface area contributed by atoms with E-state index in [9.17, 15) is 0 Å². The van der Waals surface area contributed by atoms with Crippen molar-refractivity contribution in [3.63, 3.8) is 0 Å². The second kappa shape index (κ2) is 37.6. The summed E-state index contributed by atoms with van der Waals surface area (Å²) in [5.41, 5.74) is 0. The zero-order valence-corrected chi connectivity index (χ0v) is 14.9. The summed E-state index contributed by atoms with van der Waals surface area (Å²) in [7, 11) is 0. The van der Waals surface area contributed by atoms with Gasteiger partial charge in [-0.1, -0.05) is 78.6 Å². The van der Waals surface area contributed by atoms with Crippen molar-refractivity contribution in [1.82, 2.24) is 0 Å². The molecule has 3 N–H and O–H groups in total. The molecule has 0 bridgehead atoms. The maximum absolute atomic E-state index is 8.29. The average molecular weight is 337 g/mol. The van der Waals surface area contributed by atoms with Gasteiger partial charge in [0.15, 0.2) is 17.4 Å². The Morgan fingerprint density at radius 1 is 0.409 bits per heavy atom. The van der Waals surface area contributed by atoms with Gasteiger partial charge in [-0.3, -0.25) is 0 Å². The van der Waals surface area contributed by atoms with Gasteiger partial charge in [0.1, 0.15) is 0 Å². The van der Waals surface area contributed by atoms with E-state index in [0.717, 1.165) is 19.3 Å². The molecule has 0 unspecified atom stereocenters. The summed E-state index contributed by atoms with van der Waals surface area (Å²) >= 11 is 0. The summed E-state index contributed by atoms with van der Waals surface area (Å²) in [5, 5.41) is 24.9. The summed E-state index contributed by atoms with van der Waals surface area (Å²) in [6.45, 7) is 7.58. The first-order valence-electron chi connectivity index (χ1n) is 9.07. The molecule has 0 aromatic rings. The minimum absolute atomic E-state index is 0. The Morgan fingerprint density at radius 3 is 0.773 bits per heavy atom. The standard InChI is InChI=1S/3C6H14O.Al.3H/c3*1-2-3-4-5-6-7;;;;/h3*7H,2-6H2,1H3;;;;. The Bertz CT molecular complexity index is 99.7. The third kappa shape index (κ3) is 49.9. The molecule has 0 aliphatic heterocycles. The molecule has 0 radical (unpaired) electrons. The van der Waals surface area contributed by atoms with Gasteiger partial charge in [-0.2, -0.15) is 0 Å². The Balaban J connectivity index is -0.000000108. The van der Waals surface area contributed by atoms with E-state index in [1.54, 1.807) is 0 Å². The first kappa shape index (κ1) is 30.3. The van der Waals surface area contributed by atoms with Crippen molar-refractivity contribution in [3.05, 3.63) is 0 Å². The first-order chi connectivity index (χ1) is 10.2.